The third kappa shape index (κ3) is 2.26. The Kier molecular flexibility index (Phi) is 3.16. The highest BCUT2D eigenvalue weighted by Crippen LogP contribution is 2.12. The Balaban J connectivity index is 2.14. The lowest BCUT2D eigenvalue weighted by Gasteiger charge is -2.03. The molecule has 0 aliphatic rings. The summed E-state index contributed by atoms with van der Waals surface area (Å²) >= 11 is 1.74. The summed E-state index contributed by atoms with van der Waals surface area (Å²) in [7, 11) is 0. The number of aromatic nitrogens is 3. The lowest BCUT2D eigenvalue weighted by atomic mass is 10.4. The van der Waals surface area contributed by atoms with Crippen LogP contribution >= 0.6 is 11.3 Å². The zero-order chi connectivity index (χ0) is 10.7. The number of hydrogen-bond acceptors (Lipinski definition) is 3. The van der Waals surface area contributed by atoms with E-state index in [4.69, 9.17) is 0 Å². The van der Waals surface area contributed by atoms with E-state index in [-0.39, 0.29) is 0 Å². The van der Waals surface area contributed by atoms with Crippen LogP contribution in [0.4, 0.5) is 0 Å². The summed E-state index contributed by atoms with van der Waals surface area (Å²) in [6.07, 6.45) is 5.86. The molecule has 3 nitrogen and oxygen atoms in total. The molecule has 0 unspecified atom stereocenters. The molecule has 0 bridgehead atoms. The fourth-order valence-corrected chi connectivity index (χ4v) is 2.29. The van der Waals surface area contributed by atoms with E-state index in [1.54, 1.807) is 11.3 Å². The number of nitrogens with zero attached hydrogens (tertiary/aromatic N) is 3. The molecule has 0 radical (unpaired) electrons. The van der Waals surface area contributed by atoms with Crippen molar-refractivity contribution in [3.05, 3.63) is 34.3 Å². The van der Waals surface area contributed by atoms with E-state index in [0.29, 0.717) is 0 Å². The van der Waals surface area contributed by atoms with Crippen LogP contribution in [0.3, 0.4) is 0 Å². The molecule has 0 aliphatic carbocycles. The Morgan fingerprint density at radius 1 is 1.33 bits per heavy atom. The second-order valence-electron chi connectivity index (χ2n) is 3.41. The maximum absolute atomic E-state index is 4.55. The standard InChI is InChI=1S/C11H15N3S/c1-3-10-12-5-6-14(10)7-9-8-15-11(4-2)13-9/h5-6,8H,3-4,7H2,1-2H3. The summed E-state index contributed by atoms with van der Waals surface area (Å²) in [5, 5.41) is 3.35. The molecule has 80 valence electrons. The fourth-order valence-electron chi connectivity index (χ4n) is 1.56. The Labute approximate surface area is 93.8 Å². The fraction of sp³-hybridized carbons (Fsp3) is 0.455. The SMILES string of the molecule is CCc1nc(Cn2ccnc2CC)cs1. The van der Waals surface area contributed by atoms with Crippen LogP contribution in [0.5, 0.6) is 0 Å². The van der Waals surface area contributed by atoms with Gasteiger partial charge in [-0.1, -0.05) is 13.8 Å². The van der Waals surface area contributed by atoms with Crippen LogP contribution in [-0.4, -0.2) is 14.5 Å². The monoisotopic (exact) mass is 221 g/mol. The van der Waals surface area contributed by atoms with Crippen molar-refractivity contribution in [1.82, 2.24) is 14.5 Å². The van der Waals surface area contributed by atoms with E-state index >= 15 is 0 Å². The molecule has 0 fully saturated rings. The highest BCUT2D eigenvalue weighted by Gasteiger charge is 2.04. The van der Waals surface area contributed by atoms with E-state index in [0.717, 1.165) is 30.9 Å². The molecular weight excluding hydrogens is 206 g/mol. The van der Waals surface area contributed by atoms with Crippen molar-refractivity contribution in [2.75, 3.05) is 0 Å². The Morgan fingerprint density at radius 2 is 2.20 bits per heavy atom. The van der Waals surface area contributed by atoms with Gasteiger partial charge >= 0.3 is 0 Å². The predicted octanol–water partition coefficient (Wildman–Crippen LogP) is 2.51. The lowest BCUT2D eigenvalue weighted by molar-refractivity contribution is 0.718. The summed E-state index contributed by atoms with van der Waals surface area (Å²) in [6, 6.07) is 0. The van der Waals surface area contributed by atoms with Gasteiger partial charge in [-0.15, -0.1) is 11.3 Å². The zero-order valence-electron chi connectivity index (χ0n) is 9.10. The molecule has 0 spiro atoms. The Bertz CT molecular complexity index is 430. The summed E-state index contributed by atoms with van der Waals surface area (Å²) < 4.78 is 2.16. The second kappa shape index (κ2) is 4.57. The molecule has 15 heavy (non-hydrogen) atoms. The Hall–Kier alpha value is -1.16. The van der Waals surface area contributed by atoms with Crippen LogP contribution in [0.1, 0.15) is 30.4 Å². The van der Waals surface area contributed by atoms with E-state index in [1.807, 2.05) is 12.4 Å². The van der Waals surface area contributed by atoms with Crippen LogP contribution in [0.2, 0.25) is 0 Å². The maximum Gasteiger partial charge on any atom is 0.108 e. The van der Waals surface area contributed by atoms with E-state index in [2.05, 4.69) is 33.8 Å². The van der Waals surface area contributed by atoms with Gasteiger partial charge in [0.15, 0.2) is 0 Å². The van der Waals surface area contributed by atoms with Gasteiger partial charge in [-0.3, -0.25) is 0 Å². The minimum atomic E-state index is 0.847. The van der Waals surface area contributed by atoms with Gasteiger partial charge in [0.05, 0.1) is 17.2 Å². The number of aryl methyl sites for hydroxylation is 2. The predicted molar refractivity (Wildman–Crippen MR) is 62.2 cm³/mol. The molecule has 2 rings (SSSR count). The highest BCUT2D eigenvalue weighted by molar-refractivity contribution is 7.09. The summed E-state index contributed by atoms with van der Waals surface area (Å²) in [5.74, 6) is 1.13. The first-order chi connectivity index (χ1) is 7.33. The molecule has 0 atom stereocenters. The molecule has 2 heterocycles. The maximum atomic E-state index is 4.55. The average molecular weight is 221 g/mol. The lowest BCUT2D eigenvalue weighted by Crippen LogP contribution is -2.03. The molecule has 0 N–H and O–H groups in total. The zero-order valence-corrected chi connectivity index (χ0v) is 9.92. The van der Waals surface area contributed by atoms with E-state index in [9.17, 15) is 0 Å². The number of rotatable bonds is 4. The van der Waals surface area contributed by atoms with Crippen LogP contribution in [0, 0.1) is 0 Å². The van der Waals surface area contributed by atoms with Crippen LogP contribution < -0.4 is 0 Å². The minimum Gasteiger partial charge on any atom is -0.329 e. The highest BCUT2D eigenvalue weighted by atomic mass is 32.1. The van der Waals surface area contributed by atoms with Crippen molar-refractivity contribution < 1.29 is 0 Å². The van der Waals surface area contributed by atoms with Gasteiger partial charge in [-0.25, -0.2) is 9.97 Å². The van der Waals surface area contributed by atoms with Crippen molar-refractivity contribution in [1.29, 1.82) is 0 Å². The molecule has 2 aromatic heterocycles. The smallest absolute Gasteiger partial charge is 0.108 e. The van der Waals surface area contributed by atoms with E-state index in [1.165, 1.54) is 5.01 Å². The van der Waals surface area contributed by atoms with Crippen molar-refractivity contribution >= 4 is 11.3 Å². The molecule has 4 heteroatoms. The average Bonchev–Trinajstić information content (AvgIpc) is 2.87. The van der Waals surface area contributed by atoms with Crippen LogP contribution in [0.15, 0.2) is 17.8 Å². The summed E-state index contributed by atoms with van der Waals surface area (Å²) in [6.45, 7) is 5.11. The normalized spacial score (nSPS) is 10.8. The van der Waals surface area contributed by atoms with Crippen LogP contribution in [-0.2, 0) is 19.4 Å². The quantitative estimate of drug-likeness (QED) is 0.794. The van der Waals surface area contributed by atoms with Crippen molar-refractivity contribution in [2.45, 2.75) is 33.2 Å². The molecule has 0 aliphatic heterocycles. The largest absolute Gasteiger partial charge is 0.329 e. The van der Waals surface area contributed by atoms with Gasteiger partial charge < -0.3 is 4.57 Å². The van der Waals surface area contributed by atoms with Crippen LogP contribution in [0.25, 0.3) is 0 Å². The Morgan fingerprint density at radius 3 is 2.87 bits per heavy atom. The third-order valence-corrected chi connectivity index (χ3v) is 3.39. The molecule has 0 aromatic carbocycles. The number of thiazole rings is 1. The second-order valence-corrected chi connectivity index (χ2v) is 4.35. The first-order valence-corrected chi connectivity index (χ1v) is 6.14. The van der Waals surface area contributed by atoms with Crippen molar-refractivity contribution in [3.63, 3.8) is 0 Å². The van der Waals surface area contributed by atoms with Crippen molar-refractivity contribution in [3.8, 4) is 0 Å². The van der Waals surface area contributed by atoms with Gasteiger partial charge in [-0.2, -0.15) is 0 Å². The minimum absolute atomic E-state index is 0.847. The molecule has 0 amide bonds. The molecule has 0 saturated carbocycles. The molecule has 0 saturated heterocycles. The van der Waals surface area contributed by atoms with Gasteiger partial charge in [0.1, 0.15) is 5.82 Å². The van der Waals surface area contributed by atoms with Gasteiger partial charge in [0.2, 0.25) is 0 Å². The van der Waals surface area contributed by atoms with E-state index < -0.39 is 0 Å². The van der Waals surface area contributed by atoms with Gasteiger partial charge in [0, 0.05) is 24.2 Å². The first kappa shape index (κ1) is 10.4. The first-order valence-electron chi connectivity index (χ1n) is 5.26. The number of imidazole rings is 1. The summed E-state index contributed by atoms with van der Waals surface area (Å²) in [5.41, 5.74) is 1.14. The van der Waals surface area contributed by atoms with Crippen molar-refractivity contribution in [2.24, 2.45) is 0 Å². The molecular formula is C11H15N3S. The van der Waals surface area contributed by atoms with Gasteiger partial charge in [0.25, 0.3) is 0 Å². The third-order valence-electron chi connectivity index (χ3n) is 2.35. The summed E-state index contributed by atoms with van der Waals surface area (Å²) in [4.78, 5) is 8.85. The topological polar surface area (TPSA) is 30.7 Å². The number of hydrogen-bond donors (Lipinski definition) is 0. The molecule has 2 aromatic rings. The van der Waals surface area contributed by atoms with Gasteiger partial charge in [-0.05, 0) is 6.42 Å².